The van der Waals surface area contributed by atoms with E-state index in [9.17, 15) is 0 Å². The Morgan fingerprint density at radius 1 is 1.00 bits per heavy atom. The molecule has 1 rings (SSSR count). The average molecular weight is 225 g/mol. The molecule has 0 N–H and O–H groups in total. The molecule has 86 valence electrons. The van der Waals surface area contributed by atoms with Crippen LogP contribution in [0.5, 0.6) is 0 Å². The number of hydrogen-bond acceptors (Lipinski definition) is 1. The van der Waals surface area contributed by atoms with Gasteiger partial charge < -0.3 is 0 Å². The van der Waals surface area contributed by atoms with Crippen LogP contribution in [0.3, 0.4) is 0 Å². The SMILES string of the molecule is CCCCCc1cnc(CCCCC)[pH]1. The van der Waals surface area contributed by atoms with Crippen molar-refractivity contribution in [1.82, 2.24) is 4.98 Å². The van der Waals surface area contributed by atoms with Crippen LogP contribution in [-0.2, 0) is 12.8 Å². The fourth-order valence-electron chi connectivity index (χ4n) is 1.77. The molecule has 0 aromatic carbocycles. The third-order valence-corrected chi connectivity index (χ3v) is 4.12. The van der Waals surface area contributed by atoms with Crippen molar-refractivity contribution >= 4 is 8.19 Å². The number of rotatable bonds is 8. The van der Waals surface area contributed by atoms with E-state index in [2.05, 4.69) is 25.0 Å². The molecule has 0 aliphatic rings. The van der Waals surface area contributed by atoms with E-state index in [0.29, 0.717) is 0 Å². The molecule has 1 aromatic rings. The molecule has 1 unspecified atom stereocenters. The first-order valence-corrected chi connectivity index (χ1v) is 7.39. The van der Waals surface area contributed by atoms with Gasteiger partial charge in [-0.05, 0) is 31.0 Å². The van der Waals surface area contributed by atoms with E-state index >= 15 is 0 Å². The van der Waals surface area contributed by atoms with E-state index in [4.69, 9.17) is 0 Å². The molecule has 0 radical (unpaired) electrons. The van der Waals surface area contributed by atoms with E-state index in [1.807, 2.05) is 0 Å². The third kappa shape index (κ3) is 5.37. The largest absolute Gasteiger partial charge is 0.257 e. The Morgan fingerprint density at radius 3 is 2.33 bits per heavy atom. The van der Waals surface area contributed by atoms with Crippen molar-refractivity contribution in [2.24, 2.45) is 0 Å². The third-order valence-electron chi connectivity index (χ3n) is 2.75. The molecule has 0 aliphatic carbocycles. The maximum absolute atomic E-state index is 4.53. The van der Waals surface area contributed by atoms with Crippen molar-refractivity contribution in [3.05, 3.63) is 16.9 Å². The minimum absolute atomic E-state index is 0.925. The molecule has 2 heteroatoms. The molecule has 0 saturated carbocycles. The van der Waals surface area contributed by atoms with Crippen LogP contribution >= 0.6 is 8.19 Å². The van der Waals surface area contributed by atoms with Crippen LogP contribution in [0.25, 0.3) is 0 Å². The molecule has 1 atom stereocenters. The Kier molecular flexibility index (Phi) is 6.76. The Labute approximate surface area is 95.8 Å². The highest BCUT2D eigenvalue weighted by Gasteiger charge is 2.00. The number of aryl methyl sites for hydroxylation is 2. The summed E-state index contributed by atoms with van der Waals surface area (Å²) in [5.41, 5.74) is 1.45. The highest BCUT2D eigenvalue weighted by molar-refractivity contribution is 7.31. The topological polar surface area (TPSA) is 12.9 Å². The first-order chi connectivity index (χ1) is 7.36. The normalized spacial score (nSPS) is 11.3. The summed E-state index contributed by atoms with van der Waals surface area (Å²) in [6.07, 6.45) is 12.7. The lowest BCUT2D eigenvalue weighted by atomic mass is 10.2. The Hall–Kier alpha value is -0.290. The predicted molar refractivity (Wildman–Crippen MR) is 70.2 cm³/mol. The Morgan fingerprint density at radius 2 is 1.67 bits per heavy atom. The van der Waals surface area contributed by atoms with E-state index < -0.39 is 0 Å². The summed E-state index contributed by atoms with van der Waals surface area (Å²) in [4.78, 5) is 4.53. The van der Waals surface area contributed by atoms with Crippen molar-refractivity contribution in [1.29, 1.82) is 0 Å². The predicted octanol–water partition coefficient (Wildman–Crippen LogP) is 4.58. The van der Waals surface area contributed by atoms with Crippen LogP contribution in [0.4, 0.5) is 0 Å². The second-order valence-electron chi connectivity index (χ2n) is 4.27. The highest BCUT2D eigenvalue weighted by atomic mass is 31.0. The standard InChI is InChI=1S/C13H24NP/c1-3-5-7-9-12-11-14-13(15-12)10-8-6-4-2/h11,15H,3-10H2,1-2H3. The molecule has 15 heavy (non-hydrogen) atoms. The van der Waals surface area contributed by atoms with Gasteiger partial charge in [-0.15, -0.1) is 8.19 Å². The molecule has 0 fully saturated rings. The van der Waals surface area contributed by atoms with Gasteiger partial charge >= 0.3 is 0 Å². The lowest BCUT2D eigenvalue weighted by Gasteiger charge is -1.96. The van der Waals surface area contributed by atoms with Crippen LogP contribution < -0.4 is 0 Å². The summed E-state index contributed by atoms with van der Waals surface area (Å²) in [7, 11) is 0.925. The van der Waals surface area contributed by atoms with Crippen LogP contribution in [-0.4, -0.2) is 4.98 Å². The lowest BCUT2D eigenvalue weighted by molar-refractivity contribution is 0.714. The maximum Gasteiger partial charge on any atom is 0.0564 e. The van der Waals surface area contributed by atoms with Crippen LogP contribution in [0.2, 0.25) is 0 Å². The minimum atomic E-state index is 0.925. The summed E-state index contributed by atoms with van der Waals surface area (Å²) in [5.74, 6) is 0. The number of unbranched alkanes of at least 4 members (excludes halogenated alkanes) is 4. The molecule has 0 aliphatic heterocycles. The van der Waals surface area contributed by atoms with Gasteiger partial charge in [0.25, 0.3) is 0 Å². The summed E-state index contributed by atoms with van der Waals surface area (Å²) in [5, 5.41) is 1.59. The zero-order chi connectivity index (χ0) is 10.9. The summed E-state index contributed by atoms with van der Waals surface area (Å²) < 4.78 is 0. The summed E-state index contributed by atoms with van der Waals surface area (Å²) in [6.45, 7) is 4.52. The molecule has 0 saturated heterocycles. The monoisotopic (exact) mass is 225 g/mol. The molecule has 0 bridgehead atoms. The van der Waals surface area contributed by atoms with Gasteiger partial charge in [-0.1, -0.05) is 39.5 Å². The number of aromatic nitrogens is 1. The lowest BCUT2D eigenvalue weighted by Crippen LogP contribution is -1.81. The van der Waals surface area contributed by atoms with Crippen LogP contribution in [0.1, 0.15) is 63.1 Å². The first kappa shape index (κ1) is 12.8. The van der Waals surface area contributed by atoms with Gasteiger partial charge in [0.1, 0.15) is 0 Å². The van der Waals surface area contributed by atoms with Gasteiger partial charge in [0.15, 0.2) is 0 Å². The van der Waals surface area contributed by atoms with E-state index in [0.717, 1.165) is 8.19 Å². The van der Waals surface area contributed by atoms with Gasteiger partial charge in [-0.3, -0.25) is 4.98 Å². The summed E-state index contributed by atoms with van der Waals surface area (Å²) in [6, 6.07) is 0. The molecular weight excluding hydrogens is 201 g/mol. The second kappa shape index (κ2) is 7.93. The van der Waals surface area contributed by atoms with Crippen molar-refractivity contribution in [3.63, 3.8) is 0 Å². The number of nitrogens with zero attached hydrogens (tertiary/aromatic N) is 1. The van der Waals surface area contributed by atoms with Crippen LogP contribution in [0.15, 0.2) is 6.20 Å². The van der Waals surface area contributed by atoms with Gasteiger partial charge in [-0.25, -0.2) is 0 Å². The minimum Gasteiger partial charge on any atom is -0.257 e. The Bertz CT molecular complexity index is 230. The average Bonchev–Trinajstić information content (AvgIpc) is 2.67. The van der Waals surface area contributed by atoms with Crippen molar-refractivity contribution in [2.45, 2.75) is 65.2 Å². The van der Waals surface area contributed by atoms with Crippen molar-refractivity contribution in [2.75, 3.05) is 0 Å². The highest BCUT2D eigenvalue weighted by Crippen LogP contribution is 2.23. The molecule has 0 spiro atoms. The second-order valence-corrected chi connectivity index (χ2v) is 5.74. The van der Waals surface area contributed by atoms with Gasteiger partial charge in [0.05, 0.1) is 5.43 Å². The molecule has 1 aromatic heterocycles. The smallest absolute Gasteiger partial charge is 0.0564 e. The fourth-order valence-corrected chi connectivity index (χ4v) is 3.00. The van der Waals surface area contributed by atoms with Gasteiger partial charge in [0, 0.05) is 6.20 Å². The van der Waals surface area contributed by atoms with E-state index in [1.54, 1.807) is 5.30 Å². The van der Waals surface area contributed by atoms with Crippen molar-refractivity contribution in [3.8, 4) is 0 Å². The molecule has 1 heterocycles. The molecule has 1 nitrogen and oxygen atoms in total. The first-order valence-electron chi connectivity index (χ1n) is 6.39. The fraction of sp³-hybridized carbons (Fsp3) is 0.769. The van der Waals surface area contributed by atoms with Crippen LogP contribution in [0, 0.1) is 0 Å². The number of hydrogen-bond donors (Lipinski definition) is 0. The zero-order valence-corrected chi connectivity index (χ0v) is 11.2. The maximum atomic E-state index is 4.53. The van der Waals surface area contributed by atoms with Crippen molar-refractivity contribution < 1.29 is 0 Å². The van der Waals surface area contributed by atoms with E-state index in [-0.39, 0.29) is 0 Å². The van der Waals surface area contributed by atoms with Gasteiger partial charge in [-0.2, -0.15) is 0 Å². The van der Waals surface area contributed by atoms with E-state index in [1.165, 1.54) is 56.8 Å². The summed E-state index contributed by atoms with van der Waals surface area (Å²) >= 11 is 0. The quantitative estimate of drug-likeness (QED) is 0.590. The zero-order valence-electron chi connectivity index (χ0n) is 10.2. The molecule has 0 amide bonds. The molecular formula is C13H24NP. The van der Waals surface area contributed by atoms with Gasteiger partial charge in [0.2, 0.25) is 0 Å². The Balaban J connectivity index is 2.23.